The second kappa shape index (κ2) is 7.58. The number of carbonyl (C=O) groups excluding carboxylic acids is 1. The van der Waals surface area contributed by atoms with Crippen LogP contribution >= 0.6 is 0 Å². The lowest BCUT2D eigenvalue weighted by molar-refractivity contribution is -0.116. The average molecular weight is 331 g/mol. The first-order valence-corrected chi connectivity index (χ1v) is 9.98. The van der Waals surface area contributed by atoms with Crippen molar-refractivity contribution in [3.8, 4) is 0 Å². The van der Waals surface area contributed by atoms with Crippen LogP contribution in [0.1, 0.15) is 92.9 Å². The molecule has 0 bridgehead atoms. The van der Waals surface area contributed by atoms with Gasteiger partial charge < -0.3 is 4.79 Å². The van der Waals surface area contributed by atoms with E-state index in [-0.39, 0.29) is 0 Å². The van der Waals surface area contributed by atoms with Gasteiger partial charge >= 0.3 is 0 Å². The minimum absolute atomic E-state index is 0.296. The summed E-state index contributed by atoms with van der Waals surface area (Å²) >= 11 is 0. The van der Waals surface area contributed by atoms with Gasteiger partial charge in [-0.25, -0.2) is 0 Å². The molecule has 1 saturated carbocycles. The summed E-state index contributed by atoms with van der Waals surface area (Å²) in [6.07, 6.45) is 14.3. The van der Waals surface area contributed by atoms with E-state index in [9.17, 15) is 4.79 Å². The van der Waals surface area contributed by atoms with Crippen LogP contribution in [-0.2, 0) is 4.79 Å². The summed E-state index contributed by atoms with van der Waals surface area (Å²) in [5, 5.41) is 0. The molecule has 0 heterocycles. The number of fused-ring (bicyclic) bond motifs is 1. The molecule has 0 unspecified atom stereocenters. The van der Waals surface area contributed by atoms with E-state index >= 15 is 0 Å². The highest BCUT2D eigenvalue weighted by Crippen LogP contribution is 2.60. The van der Waals surface area contributed by atoms with Gasteiger partial charge in [0.2, 0.25) is 0 Å². The lowest BCUT2D eigenvalue weighted by Gasteiger charge is -2.57. The van der Waals surface area contributed by atoms with E-state index in [1.54, 1.807) is 12.5 Å². The Balaban J connectivity index is 2.06. The summed E-state index contributed by atoms with van der Waals surface area (Å²) in [4.78, 5) is 11.1. The van der Waals surface area contributed by atoms with Gasteiger partial charge in [-0.1, -0.05) is 50.5 Å². The highest BCUT2D eigenvalue weighted by Gasteiger charge is 2.51. The van der Waals surface area contributed by atoms with E-state index in [1.807, 2.05) is 0 Å². The zero-order valence-corrected chi connectivity index (χ0v) is 16.9. The van der Waals surface area contributed by atoms with Crippen LogP contribution in [0, 0.1) is 22.7 Å². The maximum absolute atomic E-state index is 11.1. The zero-order valence-electron chi connectivity index (χ0n) is 16.9. The molecule has 3 atom stereocenters. The number of carbonyl (C=O) groups is 1. The molecular weight excluding hydrogens is 292 g/mol. The number of allylic oxidation sites excluding steroid dienone is 4. The molecule has 0 aromatic rings. The van der Waals surface area contributed by atoms with Gasteiger partial charge in [0.1, 0.15) is 5.78 Å². The van der Waals surface area contributed by atoms with Crippen LogP contribution in [0.25, 0.3) is 0 Å². The summed E-state index contributed by atoms with van der Waals surface area (Å²) in [6, 6.07) is 0. The summed E-state index contributed by atoms with van der Waals surface area (Å²) in [6.45, 7) is 13.9. The summed E-state index contributed by atoms with van der Waals surface area (Å²) in [5.74, 6) is 1.85. The van der Waals surface area contributed by atoms with E-state index in [4.69, 9.17) is 0 Å². The van der Waals surface area contributed by atoms with Gasteiger partial charge in [-0.05, 0) is 82.0 Å². The van der Waals surface area contributed by atoms with Crippen LogP contribution in [-0.4, -0.2) is 5.78 Å². The molecule has 2 aliphatic carbocycles. The first-order valence-electron chi connectivity index (χ1n) is 9.98. The topological polar surface area (TPSA) is 17.1 Å². The van der Waals surface area contributed by atoms with Gasteiger partial charge in [-0.3, -0.25) is 0 Å². The van der Waals surface area contributed by atoms with Gasteiger partial charge in [-0.15, -0.1) is 0 Å². The fourth-order valence-corrected chi connectivity index (χ4v) is 5.69. The van der Waals surface area contributed by atoms with Gasteiger partial charge in [0, 0.05) is 6.42 Å². The maximum atomic E-state index is 11.1. The number of ketones is 1. The molecule has 1 nitrogen and oxygen atoms in total. The van der Waals surface area contributed by atoms with Crippen molar-refractivity contribution in [1.29, 1.82) is 0 Å². The van der Waals surface area contributed by atoms with Crippen LogP contribution in [0.4, 0.5) is 0 Å². The van der Waals surface area contributed by atoms with Gasteiger partial charge in [0.05, 0.1) is 0 Å². The maximum Gasteiger partial charge on any atom is 0.130 e. The standard InChI is InChI=1S/C23H38O/c1-17(9-7-10-19(3)24)11-13-20-18(2)12-14-21-22(4,5)15-8-16-23(20,21)6/h9,12,20-21H,7-8,10-11,13-16H2,1-6H3/b17-9-/t20-,21-,23+/m0/s1. The molecule has 0 aromatic heterocycles. The third kappa shape index (κ3) is 4.21. The fraction of sp³-hybridized carbons (Fsp3) is 0.783. The van der Waals surface area contributed by atoms with Crippen LogP contribution in [0.2, 0.25) is 0 Å². The summed E-state index contributed by atoms with van der Waals surface area (Å²) in [7, 11) is 0. The Bertz CT molecular complexity index is 522. The largest absolute Gasteiger partial charge is 0.300 e. The predicted octanol–water partition coefficient (Wildman–Crippen LogP) is 6.88. The Kier molecular flexibility index (Phi) is 6.15. The third-order valence-corrected chi connectivity index (χ3v) is 7.11. The van der Waals surface area contributed by atoms with Crippen molar-refractivity contribution in [2.75, 3.05) is 0 Å². The summed E-state index contributed by atoms with van der Waals surface area (Å²) < 4.78 is 0. The second-order valence-electron chi connectivity index (χ2n) is 9.47. The molecule has 24 heavy (non-hydrogen) atoms. The minimum Gasteiger partial charge on any atom is -0.300 e. The molecule has 1 heteroatoms. The van der Waals surface area contributed by atoms with E-state index in [0.717, 1.165) is 18.3 Å². The Labute approximate surface area is 150 Å². The van der Waals surface area contributed by atoms with Crippen molar-refractivity contribution in [2.45, 2.75) is 92.9 Å². The third-order valence-electron chi connectivity index (χ3n) is 7.11. The Morgan fingerprint density at radius 1 is 1.21 bits per heavy atom. The lowest BCUT2D eigenvalue weighted by atomic mass is 9.48. The second-order valence-corrected chi connectivity index (χ2v) is 9.47. The molecule has 136 valence electrons. The van der Waals surface area contributed by atoms with Crippen molar-refractivity contribution in [3.05, 3.63) is 23.3 Å². The normalized spacial score (nSPS) is 32.9. The Morgan fingerprint density at radius 2 is 1.92 bits per heavy atom. The monoisotopic (exact) mass is 330 g/mol. The number of Topliss-reactive ketones (excluding diaryl/α,β-unsaturated/α-hetero) is 1. The molecule has 0 amide bonds. The van der Waals surface area contributed by atoms with Crippen molar-refractivity contribution < 1.29 is 4.79 Å². The number of hydrogen-bond acceptors (Lipinski definition) is 1. The quantitative estimate of drug-likeness (QED) is 0.485. The van der Waals surface area contributed by atoms with Crippen LogP contribution < -0.4 is 0 Å². The predicted molar refractivity (Wildman–Crippen MR) is 104 cm³/mol. The van der Waals surface area contributed by atoms with E-state index in [1.165, 1.54) is 44.1 Å². The first kappa shape index (κ1) is 19.5. The smallest absolute Gasteiger partial charge is 0.130 e. The highest BCUT2D eigenvalue weighted by molar-refractivity contribution is 5.75. The molecule has 2 rings (SSSR count). The molecule has 2 aliphatic rings. The van der Waals surface area contributed by atoms with Crippen molar-refractivity contribution in [1.82, 2.24) is 0 Å². The first-order chi connectivity index (χ1) is 11.2. The Morgan fingerprint density at radius 3 is 2.58 bits per heavy atom. The van der Waals surface area contributed by atoms with E-state index < -0.39 is 0 Å². The van der Waals surface area contributed by atoms with Gasteiger partial charge in [-0.2, -0.15) is 0 Å². The molecule has 0 saturated heterocycles. The van der Waals surface area contributed by atoms with Crippen LogP contribution in [0.3, 0.4) is 0 Å². The lowest BCUT2D eigenvalue weighted by Crippen LogP contribution is -2.48. The van der Waals surface area contributed by atoms with E-state index in [0.29, 0.717) is 23.0 Å². The highest BCUT2D eigenvalue weighted by atomic mass is 16.1. The van der Waals surface area contributed by atoms with E-state index in [2.05, 4.69) is 46.8 Å². The molecule has 1 fully saturated rings. The summed E-state index contributed by atoms with van der Waals surface area (Å²) in [5.41, 5.74) is 4.04. The Hall–Kier alpha value is -0.850. The molecule has 0 radical (unpaired) electrons. The SMILES string of the molecule is CC(=O)CC/C=C(/C)CC[C@H]1C(C)=CC[C@H]2C(C)(C)CCC[C@]12C. The fourth-order valence-electron chi connectivity index (χ4n) is 5.69. The van der Waals surface area contributed by atoms with Crippen molar-refractivity contribution >= 4 is 5.78 Å². The molecule has 0 aromatic carbocycles. The van der Waals surface area contributed by atoms with Gasteiger partial charge in [0.15, 0.2) is 0 Å². The van der Waals surface area contributed by atoms with Crippen LogP contribution in [0.15, 0.2) is 23.3 Å². The molecular formula is C23H38O. The van der Waals surface area contributed by atoms with Crippen molar-refractivity contribution in [3.63, 3.8) is 0 Å². The van der Waals surface area contributed by atoms with Crippen molar-refractivity contribution in [2.24, 2.45) is 22.7 Å². The molecule has 0 N–H and O–H groups in total. The average Bonchev–Trinajstić information content (AvgIpc) is 2.45. The number of hydrogen-bond donors (Lipinski definition) is 0. The number of rotatable bonds is 6. The minimum atomic E-state index is 0.296. The molecule has 0 spiro atoms. The van der Waals surface area contributed by atoms with Gasteiger partial charge in [0.25, 0.3) is 0 Å². The zero-order chi connectivity index (χ0) is 18.0. The molecule has 0 aliphatic heterocycles. The van der Waals surface area contributed by atoms with Crippen LogP contribution in [0.5, 0.6) is 0 Å².